The van der Waals surface area contributed by atoms with Crippen LogP contribution in [0, 0.1) is 0 Å². The molecule has 0 saturated carbocycles. The molecule has 1 aliphatic heterocycles. The summed E-state index contributed by atoms with van der Waals surface area (Å²) in [5.41, 5.74) is 9.62. The average Bonchev–Trinajstić information content (AvgIpc) is 2.39. The van der Waals surface area contributed by atoms with E-state index in [4.69, 9.17) is 5.73 Å². The molecule has 1 amide bonds. The van der Waals surface area contributed by atoms with Crippen LogP contribution >= 0.6 is 0 Å². The lowest BCUT2D eigenvalue weighted by molar-refractivity contribution is -0.118. The fourth-order valence-corrected chi connectivity index (χ4v) is 2.68. The molecule has 0 fully saturated rings. The number of nitrogens with zero attached hydrogens (tertiary/aromatic N) is 1. The van der Waals surface area contributed by atoms with E-state index in [1.165, 1.54) is 0 Å². The number of carbonyl (C=O) groups excluding carboxylic acids is 1. The van der Waals surface area contributed by atoms with Gasteiger partial charge in [0, 0.05) is 18.4 Å². The maximum Gasteiger partial charge on any atom is 0.229 e. The molecule has 3 rings (SSSR count). The maximum absolute atomic E-state index is 11.8. The quantitative estimate of drug-likeness (QED) is 0.829. The number of hydrogen-bond donors (Lipinski definition) is 1. The zero-order chi connectivity index (χ0) is 12.7. The summed E-state index contributed by atoms with van der Waals surface area (Å²) in [5, 5.41) is 0. The van der Waals surface area contributed by atoms with Gasteiger partial charge in [-0.05, 0) is 23.3 Å². The van der Waals surface area contributed by atoms with Crippen molar-refractivity contribution in [1.29, 1.82) is 0 Å². The Morgan fingerprint density at radius 3 is 1.89 bits per heavy atom. The van der Waals surface area contributed by atoms with Crippen LogP contribution in [0.25, 0.3) is 0 Å². The van der Waals surface area contributed by atoms with Gasteiger partial charge in [-0.3, -0.25) is 4.79 Å². The van der Waals surface area contributed by atoms with E-state index in [-0.39, 0.29) is 11.8 Å². The van der Waals surface area contributed by atoms with Crippen molar-refractivity contribution in [2.24, 2.45) is 5.73 Å². The van der Waals surface area contributed by atoms with Crippen LogP contribution in [0.5, 0.6) is 0 Å². The van der Waals surface area contributed by atoms with Crippen molar-refractivity contribution < 1.29 is 4.79 Å². The molecule has 0 spiro atoms. The third kappa shape index (κ3) is 1.40. The molecule has 3 heteroatoms. The molecule has 0 bridgehead atoms. The number of carbonyl (C=O) groups is 1. The van der Waals surface area contributed by atoms with Crippen molar-refractivity contribution in [3.05, 3.63) is 59.7 Å². The molecule has 0 aliphatic carbocycles. The largest absolute Gasteiger partial charge is 0.369 e. The van der Waals surface area contributed by atoms with Crippen molar-refractivity contribution in [3.63, 3.8) is 0 Å². The summed E-state index contributed by atoms with van der Waals surface area (Å²) in [6.45, 7) is 0. The van der Waals surface area contributed by atoms with Crippen LogP contribution in [0.1, 0.15) is 17.0 Å². The average molecular weight is 238 g/mol. The second-order valence-corrected chi connectivity index (χ2v) is 4.51. The number of hydrogen-bond acceptors (Lipinski definition) is 2. The van der Waals surface area contributed by atoms with E-state index in [0.717, 1.165) is 22.5 Å². The van der Waals surface area contributed by atoms with Crippen LogP contribution in [0.15, 0.2) is 48.5 Å². The highest BCUT2D eigenvalue weighted by atomic mass is 16.1. The minimum atomic E-state index is -0.353. The predicted octanol–water partition coefficient (Wildman–Crippen LogP) is 2.39. The van der Waals surface area contributed by atoms with Gasteiger partial charge in [0.25, 0.3) is 0 Å². The lowest BCUT2D eigenvalue weighted by Gasteiger charge is -2.33. The van der Waals surface area contributed by atoms with Gasteiger partial charge in [-0.1, -0.05) is 36.4 Å². The van der Waals surface area contributed by atoms with Crippen molar-refractivity contribution in [1.82, 2.24) is 0 Å². The molecule has 0 unspecified atom stereocenters. The van der Waals surface area contributed by atoms with Gasteiger partial charge in [0.15, 0.2) is 0 Å². The molecule has 18 heavy (non-hydrogen) atoms. The molecule has 0 radical (unpaired) electrons. The monoisotopic (exact) mass is 238 g/mol. The van der Waals surface area contributed by atoms with Gasteiger partial charge in [0.2, 0.25) is 5.91 Å². The summed E-state index contributed by atoms with van der Waals surface area (Å²) < 4.78 is 0. The highest BCUT2D eigenvalue weighted by Crippen LogP contribution is 2.43. The van der Waals surface area contributed by atoms with Crippen LogP contribution in [0.3, 0.4) is 0 Å². The van der Waals surface area contributed by atoms with Crippen LogP contribution in [0.2, 0.25) is 0 Å². The second kappa shape index (κ2) is 3.88. The smallest absolute Gasteiger partial charge is 0.229 e. The van der Waals surface area contributed by atoms with Gasteiger partial charge >= 0.3 is 0 Å². The molecule has 2 aromatic rings. The Labute approximate surface area is 106 Å². The molecule has 0 atom stereocenters. The van der Waals surface area contributed by atoms with Gasteiger partial charge in [-0.15, -0.1) is 0 Å². The highest BCUT2D eigenvalue weighted by Gasteiger charge is 2.31. The number of amides is 1. The maximum atomic E-state index is 11.8. The van der Waals surface area contributed by atoms with E-state index < -0.39 is 0 Å². The van der Waals surface area contributed by atoms with Crippen molar-refractivity contribution in [2.45, 2.75) is 5.92 Å². The third-order valence-electron chi connectivity index (χ3n) is 3.50. The van der Waals surface area contributed by atoms with Crippen LogP contribution in [-0.4, -0.2) is 13.0 Å². The summed E-state index contributed by atoms with van der Waals surface area (Å²) in [7, 11) is 2.01. The van der Waals surface area contributed by atoms with E-state index in [0.29, 0.717) is 0 Å². The van der Waals surface area contributed by atoms with Crippen LogP contribution < -0.4 is 10.6 Å². The summed E-state index contributed by atoms with van der Waals surface area (Å²) in [5.74, 6) is -0.656. The Balaban J connectivity index is 2.30. The number of benzene rings is 2. The molecule has 0 aromatic heterocycles. The first kappa shape index (κ1) is 10.8. The molecular formula is C15H14N2O. The number of rotatable bonds is 1. The Morgan fingerprint density at radius 2 is 1.44 bits per heavy atom. The second-order valence-electron chi connectivity index (χ2n) is 4.51. The molecule has 1 heterocycles. The Bertz CT molecular complexity index is 574. The molecule has 90 valence electrons. The SMILES string of the molecule is CN1c2ccccc2C(C(N)=O)c2ccccc21. The van der Waals surface area contributed by atoms with Crippen molar-refractivity contribution >= 4 is 17.3 Å². The zero-order valence-electron chi connectivity index (χ0n) is 10.1. The standard InChI is InChI=1S/C15H14N2O/c1-17-12-8-4-2-6-10(12)14(15(16)18)11-7-3-5-9-13(11)17/h2-9,14H,1H3,(H2,16,18). The lowest BCUT2D eigenvalue weighted by Crippen LogP contribution is -2.29. The zero-order valence-corrected chi connectivity index (χ0v) is 10.1. The minimum absolute atomic E-state index is 0.303. The van der Waals surface area contributed by atoms with Crippen molar-refractivity contribution in [2.75, 3.05) is 11.9 Å². The van der Waals surface area contributed by atoms with Gasteiger partial charge < -0.3 is 10.6 Å². The summed E-state index contributed by atoms with van der Waals surface area (Å²) >= 11 is 0. The number of nitrogens with two attached hydrogens (primary N) is 1. The van der Waals surface area contributed by atoms with E-state index in [9.17, 15) is 4.79 Å². The van der Waals surface area contributed by atoms with E-state index in [1.54, 1.807) is 0 Å². The number of fused-ring (bicyclic) bond motifs is 2. The topological polar surface area (TPSA) is 46.3 Å². The first-order valence-corrected chi connectivity index (χ1v) is 5.91. The van der Waals surface area contributed by atoms with E-state index in [2.05, 4.69) is 4.90 Å². The highest BCUT2D eigenvalue weighted by molar-refractivity contribution is 5.93. The van der Waals surface area contributed by atoms with Crippen molar-refractivity contribution in [3.8, 4) is 0 Å². The van der Waals surface area contributed by atoms with E-state index >= 15 is 0 Å². The fraction of sp³-hybridized carbons (Fsp3) is 0.133. The number of para-hydroxylation sites is 2. The Hall–Kier alpha value is -2.29. The Kier molecular flexibility index (Phi) is 2.33. The first-order chi connectivity index (χ1) is 8.70. The molecule has 2 N–H and O–H groups in total. The van der Waals surface area contributed by atoms with Gasteiger partial charge in [0.05, 0.1) is 5.92 Å². The molecule has 2 aromatic carbocycles. The Morgan fingerprint density at radius 1 is 1.00 bits per heavy atom. The third-order valence-corrected chi connectivity index (χ3v) is 3.50. The lowest BCUT2D eigenvalue weighted by atomic mass is 9.84. The van der Waals surface area contributed by atoms with Crippen LogP contribution in [0.4, 0.5) is 11.4 Å². The molecule has 0 saturated heterocycles. The summed E-state index contributed by atoms with van der Waals surface area (Å²) in [6, 6.07) is 15.8. The minimum Gasteiger partial charge on any atom is -0.369 e. The molecule has 1 aliphatic rings. The van der Waals surface area contributed by atoms with Crippen LogP contribution in [-0.2, 0) is 4.79 Å². The molecule has 3 nitrogen and oxygen atoms in total. The normalized spacial score (nSPS) is 13.9. The molecular weight excluding hydrogens is 224 g/mol. The number of primary amides is 1. The predicted molar refractivity (Wildman–Crippen MR) is 72.0 cm³/mol. The van der Waals surface area contributed by atoms with Gasteiger partial charge in [-0.2, -0.15) is 0 Å². The number of anilines is 2. The van der Waals surface area contributed by atoms with Gasteiger partial charge in [-0.25, -0.2) is 0 Å². The first-order valence-electron chi connectivity index (χ1n) is 5.91. The fourth-order valence-electron chi connectivity index (χ4n) is 2.68. The van der Waals surface area contributed by atoms with Gasteiger partial charge in [0.1, 0.15) is 0 Å². The van der Waals surface area contributed by atoms with E-state index in [1.807, 2.05) is 55.6 Å². The summed E-state index contributed by atoms with van der Waals surface area (Å²) in [4.78, 5) is 13.9. The summed E-state index contributed by atoms with van der Waals surface area (Å²) in [6.07, 6.45) is 0.